The maximum absolute atomic E-state index is 11.9. The van der Waals surface area contributed by atoms with Crippen molar-refractivity contribution in [2.24, 2.45) is 0 Å². The first-order valence-electron chi connectivity index (χ1n) is 6.37. The molecule has 110 valence electrons. The fraction of sp³-hybridized carbons (Fsp3) is 0.200. The lowest BCUT2D eigenvalue weighted by Gasteiger charge is -2.16. The summed E-state index contributed by atoms with van der Waals surface area (Å²) in [5.41, 5.74) is 1.15. The van der Waals surface area contributed by atoms with E-state index in [0.29, 0.717) is 23.9 Å². The number of pyridine rings is 1. The van der Waals surface area contributed by atoms with Gasteiger partial charge in [-0.15, -0.1) is 0 Å². The number of halogens is 2. The Hall–Kier alpha value is -1.43. The number of nitrogens with one attached hydrogen (secondary N) is 1. The number of hydrogen-bond acceptors (Lipinski definition) is 3. The van der Waals surface area contributed by atoms with Gasteiger partial charge in [-0.25, -0.2) is 4.98 Å². The normalized spacial score (nSPS) is 10.7. The number of benzene rings is 1. The highest BCUT2D eigenvalue weighted by Gasteiger charge is 2.08. The molecule has 0 aliphatic heterocycles. The SMILES string of the molecule is CN(CC(=O)Nc1ccc(Cl)cn1)Cc1ccc(Br)cc1. The summed E-state index contributed by atoms with van der Waals surface area (Å²) in [6, 6.07) is 11.4. The average molecular weight is 369 g/mol. The number of amides is 1. The van der Waals surface area contributed by atoms with Crippen LogP contribution in [0.4, 0.5) is 5.82 Å². The first-order chi connectivity index (χ1) is 10.0. The van der Waals surface area contributed by atoms with E-state index in [4.69, 9.17) is 11.6 Å². The highest BCUT2D eigenvalue weighted by atomic mass is 79.9. The van der Waals surface area contributed by atoms with Crippen LogP contribution in [0.15, 0.2) is 47.1 Å². The van der Waals surface area contributed by atoms with E-state index in [-0.39, 0.29) is 5.91 Å². The lowest BCUT2D eigenvalue weighted by atomic mass is 10.2. The zero-order chi connectivity index (χ0) is 15.2. The Morgan fingerprint density at radius 1 is 1.29 bits per heavy atom. The second-order valence-electron chi connectivity index (χ2n) is 4.71. The van der Waals surface area contributed by atoms with E-state index in [9.17, 15) is 4.79 Å². The molecule has 1 aromatic carbocycles. The maximum atomic E-state index is 11.9. The van der Waals surface area contributed by atoms with Crippen molar-refractivity contribution in [3.05, 3.63) is 57.7 Å². The van der Waals surface area contributed by atoms with Gasteiger partial charge in [0.05, 0.1) is 11.6 Å². The van der Waals surface area contributed by atoms with Crippen molar-refractivity contribution in [2.75, 3.05) is 18.9 Å². The molecule has 21 heavy (non-hydrogen) atoms. The third-order valence-electron chi connectivity index (χ3n) is 2.77. The molecule has 2 rings (SSSR count). The Morgan fingerprint density at radius 2 is 2.00 bits per heavy atom. The van der Waals surface area contributed by atoms with Crippen LogP contribution < -0.4 is 5.32 Å². The van der Waals surface area contributed by atoms with Crippen LogP contribution >= 0.6 is 27.5 Å². The third kappa shape index (κ3) is 5.46. The van der Waals surface area contributed by atoms with Gasteiger partial charge in [0, 0.05) is 17.2 Å². The molecule has 0 radical (unpaired) electrons. The lowest BCUT2D eigenvalue weighted by molar-refractivity contribution is -0.117. The topological polar surface area (TPSA) is 45.2 Å². The van der Waals surface area contributed by atoms with Crippen molar-refractivity contribution in [2.45, 2.75) is 6.54 Å². The summed E-state index contributed by atoms with van der Waals surface area (Å²) in [5.74, 6) is 0.394. The predicted molar refractivity (Wildman–Crippen MR) is 88.4 cm³/mol. The van der Waals surface area contributed by atoms with Crippen LogP contribution in [0.1, 0.15) is 5.56 Å². The molecule has 4 nitrogen and oxygen atoms in total. The molecular formula is C15H15BrClN3O. The Morgan fingerprint density at radius 3 is 2.62 bits per heavy atom. The van der Waals surface area contributed by atoms with Crippen molar-refractivity contribution in [3.63, 3.8) is 0 Å². The Bertz CT molecular complexity index is 601. The Balaban J connectivity index is 1.84. The van der Waals surface area contributed by atoms with Gasteiger partial charge in [0.15, 0.2) is 0 Å². The summed E-state index contributed by atoms with van der Waals surface area (Å²) in [6.45, 7) is 0.995. The molecule has 0 atom stereocenters. The number of carbonyl (C=O) groups is 1. The molecule has 1 amide bonds. The van der Waals surface area contributed by atoms with E-state index < -0.39 is 0 Å². The molecule has 0 saturated carbocycles. The van der Waals surface area contributed by atoms with Gasteiger partial charge in [-0.05, 0) is 36.9 Å². The smallest absolute Gasteiger partial charge is 0.239 e. The molecule has 0 bridgehead atoms. The highest BCUT2D eigenvalue weighted by Crippen LogP contribution is 2.12. The highest BCUT2D eigenvalue weighted by molar-refractivity contribution is 9.10. The first kappa shape index (κ1) is 15.9. The molecule has 1 aromatic heterocycles. The fourth-order valence-corrected chi connectivity index (χ4v) is 2.21. The van der Waals surface area contributed by atoms with E-state index in [1.54, 1.807) is 12.1 Å². The lowest BCUT2D eigenvalue weighted by Crippen LogP contribution is -2.30. The number of nitrogens with zero attached hydrogens (tertiary/aromatic N) is 2. The van der Waals surface area contributed by atoms with Gasteiger partial charge >= 0.3 is 0 Å². The number of carbonyl (C=O) groups excluding carboxylic acids is 1. The van der Waals surface area contributed by atoms with Crippen LogP contribution in [0, 0.1) is 0 Å². The van der Waals surface area contributed by atoms with E-state index >= 15 is 0 Å². The zero-order valence-corrected chi connectivity index (χ0v) is 13.9. The summed E-state index contributed by atoms with van der Waals surface area (Å²) in [5, 5.41) is 3.28. The predicted octanol–water partition coefficient (Wildman–Crippen LogP) is 3.57. The van der Waals surface area contributed by atoms with Gasteiger partial charge in [-0.3, -0.25) is 9.69 Å². The largest absolute Gasteiger partial charge is 0.310 e. The first-order valence-corrected chi connectivity index (χ1v) is 7.54. The minimum atomic E-state index is -0.107. The van der Waals surface area contributed by atoms with Crippen LogP contribution in [0.5, 0.6) is 0 Å². The van der Waals surface area contributed by atoms with Gasteiger partial charge in [0.25, 0.3) is 0 Å². The zero-order valence-electron chi connectivity index (χ0n) is 11.5. The van der Waals surface area contributed by atoms with E-state index in [1.807, 2.05) is 36.2 Å². The number of anilines is 1. The Labute approximate surface area is 137 Å². The maximum Gasteiger partial charge on any atom is 0.239 e. The van der Waals surface area contributed by atoms with Crippen LogP contribution in [0.25, 0.3) is 0 Å². The van der Waals surface area contributed by atoms with Crippen LogP contribution in [0.2, 0.25) is 5.02 Å². The second-order valence-corrected chi connectivity index (χ2v) is 6.06. The van der Waals surface area contributed by atoms with Crippen molar-refractivity contribution in [3.8, 4) is 0 Å². The number of hydrogen-bond donors (Lipinski definition) is 1. The molecule has 0 fully saturated rings. The number of likely N-dealkylation sites (N-methyl/N-ethyl adjacent to an activating group) is 1. The molecule has 0 aliphatic carbocycles. The quantitative estimate of drug-likeness (QED) is 0.877. The van der Waals surface area contributed by atoms with Crippen LogP contribution in [0.3, 0.4) is 0 Å². The summed E-state index contributed by atoms with van der Waals surface area (Å²) < 4.78 is 1.04. The summed E-state index contributed by atoms with van der Waals surface area (Å²) >= 11 is 9.15. The van der Waals surface area contributed by atoms with Crippen molar-refractivity contribution >= 4 is 39.3 Å². The monoisotopic (exact) mass is 367 g/mol. The van der Waals surface area contributed by atoms with Crippen LogP contribution in [-0.4, -0.2) is 29.4 Å². The minimum absolute atomic E-state index is 0.107. The second kappa shape index (κ2) is 7.54. The average Bonchev–Trinajstić information content (AvgIpc) is 2.44. The molecule has 1 heterocycles. The van der Waals surface area contributed by atoms with Gasteiger partial charge in [-0.2, -0.15) is 0 Å². The molecule has 0 spiro atoms. The molecule has 0 aliphatic rings. The summed E-state index contributed by atoms with van der Waals surface area (Å²) in [7, 11) is 1.90. The van der Waals surface area contributed by atoms with Crippen LogP contribution in [-0.2, 0) is 11.3 Å². The van der Waals surface area contributed by atoms with E-state index in [1.165, 1.54) is 6.20 Å². The van der Waals surface area contributed by atoms with Gasteiger partial charge < -0.3 is 5.32 Å². The molecule has 1 N–H and O–H groups in total. The molecule has 6 heteroatoms. The number of rotatable bonds is 5. The van der Waals surface area contributed by atoms with Gasteiger partial charge in [0.2, 0.25) is 5.91 Å². The molecule has 0 unspecified atom stereocenters. The Kier molecular flexibility index (Phi) is 5.73. The van der Waals surface area contributed by atoms with E-state index in [2.05, 4.69) is 26.2 Å². The third-order valence-corrected chi connectivity index (χ3v) is 3.53. The van der Waals surface area contributed by atoms with Gasteiger partial charge in [0.1, 0.15) is 5.82 Å². The summed E-state index contributed by atoms with van der Waals surface area (Å²) in [6.07, 6.45) is 1.50. The van der Waals surface area contributed by atoms with E-state index in [0.717, 1.165) is 10.0 Å². The van der Waals surface area contributed by atoms with Gasteiger partial charge in [-0.1, -0.05) is 39.7 Å². The molecule has 0 saturated heterocycles. The van der Waals surface area contributed by atoms with Crippen molar-refractivity contribution in [1.29, 1.82) is 0 Å². The molecule has 2 aromatic rings. The molecular weight excluding hydrogens is 354 g/mol. The number of aromatic nitrogens is 1. The minimum Gasteiger partial charge on any atom is -0.310 e. The van der Waals surface area contributed by atoms with Crippen molar-refractivity contribution in [1.82, 2.24) is 9.88 Å². The summed E-state index contributed by atoms with van der Waals surface area (Å²) in [4.78, 5) is 17.9. The fourth-order valence-electron chi connectivity index (χ4n) is 1.83. The van der Waals surface area contributed by atoms with Crippen molar-refractivity contribution < 1.29 is 4.79 Å². The standard InChI is InChI=1S/C15H15BrClN3O/c1-20(9-11-2-4-12(16)5-3-11)10-15(21)19-14-7-6-13(17)8-18-14/h2-8H,9-10H2,1H3,(H,18,19,21).